The van der Waals surface area contributed by atoms with Crippen LogP contribution in [0.15, 0.2) is 27.1 Å². The summed E-state index contributed by atoms with van der Waals surface area (Å²) in [5.74, 6) is 2.18. The number of amides is 1. The van der Waals surface area contributed by atoms with Gasteiger partial charge in [0.05, 0.1) is 0 Å². The van der Waals surface area contributed by atoms with E-state index in [9.17, 15) is 4.79 Å². The van der Waals surface area contributed by atoms with Gasteiger partial charge in [0, 0.05) is 26.3 Å². The molecule has 0 aliphatic carbocycles. The molecule has 1 amide bonds. The molecule has 0 spiro atoms. The quantitative estimate of drug-likeness (QED) is 0.870. The average molecular weight is 365 g/mol. The van der Waals surface area contributed by atoms with Gasteiger partial charge >= 0.3 is 0 Å². The lowest BCUT2D eigenvalue weighted by Crippen LogP contribution is -2.34. The zero-order chi connectivity index (χ0) is 11.5. The molecule has 1 aromatic rings. The Hall–Kier alpha value is -0.000000000000000111. The Labute approximate surface area is 116 Å². The molecular weight excluding hydrogens is 354 g/mol. The van der Waals surface area contributed by atoms with Crippen LogP contribution in [0.4, 0.5) is 0 Å². The Bertz CT molecular complexity index is 385. The minimum atomic E-state index is 0.00880. The molecule has 1 aromatic carbocycles. The highest BCUT2D eigenvalue weighted by molar-refractivity contribution is 9.11. The Morgan fingerprint density at radius 1 is 1.31 bits per heavy atom. The van der Waals surface area contributed by atoms with Crippen LogP contribution in [0, 0.1) is 0 Å². The molecule has 0 saturated carbocycles. The van der Waals surface area contributed by atoms with E-state index in [0.717, 1.165) is 26.9 Å². The second kappa shape index (κ2) is 5.56. The van der Waals surface area contributed by atoms with Crippen LogP contribution in [0.3, 0.4) is 0 Å². The number of nitrogens with one attached hydrogen (secondary N) is 1. The van der Waals surface area contributed by atoms with Crippen molar-refractivity contribution < 1.29 is 4.79 Å². The molecule has 1 heterocycles. The van der Waals surface area contributed by atoms with Gasteiger partial charge < -0.3 is 5.32 Å². The highest BCUT2D eigenvalue weighted by Gasteiger charge is 2.18. The number of hydrogen-bond acceptors (Lipinski definition) is 2. The van der Waals surface area contributed by atoms with Gasteiger partial charge in [0.25, 0.3) is 5.91 Å². The molecule has 2 rings (SSSR count). The molecule has 1 aliphatic heterocycles. The maximum Gasteiger partial charge on any atom is 0.251 e. The van der Waals surface area contributed by atoms with Crippen molar-refractivity contribution in [2.75, 3.05) is 11.5 Å². The second-order valence-electron chi connectivity index (χ2n) is 3.69. The van der Waals surface area contributed by atoms with Gasteiger partial charge in [-0.05, 0) is 30.4 Å². The molecule has 1 atom stereocenters. The Morgan fingerprint density at radius 3 is 2.56 bits per heavy atom. The third kappa shape index (κ3) is 3.25. The van der Waals surface area contributed by atoms with E-state index in [1.165, 1.54) is 0 Å². The number of rotatable bonds is 2. The molecule has 1 aliphatic rings. The first-order valence-electron chi connectivity index (χ1n) is 5.00. The van der Waals surface area contributed by atoms with Crippen molar-refractivity contribution in [1.29, 1.82) is 0 Å². The molecule has 5 heteroatoms. The van der Waals surface area contributed by atoms with Crippen molar-refractivity contribution in [2.45, 2.75) is 12.5 Å². The van der Waals surface area contributed by atoms with Crippen LogP contribution in [-0.2, 0) is 0 Å². The summed E-state index contributed by atoms with van der Waals surface area (Å²) in [6.45, 7) is 0. The summed E-state index contributed by atoms with van der Waals surface area (Å²) in [5.41, 5.74) is 0.693. The van der Waals surface area contributed by atoms with Crippen LogP contribution in [0.2, 0.25) is 0 Å². The molecule has 86 valence electrons. The van der Waals surface area contributed by atoms with E-state index in [1.54, 1.807) is 0 Å². The van der Waals surface area contributed by atoms with E-state index in [-0.39, 0.29) is 5.91 Å². The maximum atomic E-state index is 11.9. The third-order valence-electron chi connectivity index (χ3n) is 2.39. The van der Waals surface area contributed by atoms with Gasteiger partial charge in [-0.3, -0.25) is 4.79 Å². The van der Waals surface area contributed by atoms with E-state index in [1.807, 2.05) is 30.0 Å². The zero-order valence-electron chi connectivity index (χ0n) is 8.50. The fourth-order valence-corrected chi connectivity index (χ4v) is 4.05. The molecule has 1 unspecified atom stereocenters. The van der Waals surface area contributed by atoms with Gasteiger partial charge in [0.15, 0.2) is 0 Å². The third-order valence-corrected chi connectivity index (χ3v) is 4.47. The summed E-state index contributed by atoms with van der Waals surface area (Å²) >= 11 is 8.65. The van der Waals surface area contributed by atoms with E-state index in [2.05, 4.69) is 37.2 Å². The number of hydrogen-bond donors (Lipinski definition) is 1. The number of thioether (sulfide) groups is 1. The summed E-state index contributed by atoms with van der Waals surface area (Å²) < 4.78 is 1.82. The van der Waals surface area contributed by atoms with Crippen molar-refractivity contribution in [2.24, 2.45) is 0 Å². The number of carbonyl (C=O) groups excluding carboxylic acids is 1. The molecule has 2 nitrogen and oxygen atoms in total. The van der Waals surface area contributed by atoms with Gasteiger partial charge in [-0.2, -0.15) is 11.8 Å². The van der Waals surface area contributed by atoms with Gasteiger partial charge in [-0.25, -0.2) is 0 Å². The van der Waals surface area contributed by atoms with Crippen molar-refractivity contribution in [3.05, 3.63) is 32.7 Å². The summed E-state index contributed by atoms with van der Waals surface area (Å²) in [5, 5.41) is 3.05. The summed E-state index contributed by atoms with van der Waals surface area (Å²) in [6.07, 6.45) is 1.07. The highest BCUT2D eigenvalue weighted by Crippen LogP contribution is 2.21. The van der Waals surface area contributed by atoms with Crippen LogP contribution < -0.4 is 5.32 Å². The lowest BCUT2D eigenvalue weighted by atomic mass is 10.2. The Morgan fingerprint density at radius 2 is 2.00 bits per heavy atom. The first-order valence-corrected chi connectivity index (χ1v) is 7.74. The number of benzene rings is 1. The fraction of sp³-hybridized carbons (Fsp3) is 0.364. The molecule has 0 radical (unpaired) electrons. The summed E-state index contributed by atoms with van der Waals surface area (Å²) in [6, 6.07) is 5.92. The van der Waals surface area contributed by atoms with Gasteiger partial charge in [-0.15, -0.1) is 0 Å². The van der Waals surface area contributed by atoms with Crippen LogP contribution in [-0.4, -0.2) is 23.5 Å². The minimum absolute atomic E-state index is 0.00880. The van der Waals surface area contributed by atoms with Crippen molar-refractivity contribution >= 4 is 49.5 Å². The van der Waals surface area contributed by atoms with Crippen molar-refractivity contribution in [1.82, 2.24) is 5.32 Å². The topological polar surface area (TPSA) is 29.1 Å². The Kier molecular flexibility index (Phi) is 4.33. The predicted molar refractivity (Wildman–Crippen MR) is 75.0 cm³/mol. The molecular formula is C11H11Br2NOS. The first-order chi connectivity index (χ1) is 7.65. The fourth-order valence-electron chi connectivity index (χ4n) is 1.60. The maximum absolute atomic E-state index is 11.9. The smallest absolute Gasteiger partial charge is 0.251 e. The van der Waals surface area contributed by atoms with Crippen molar-refractivity contribution in [3.8, 4) is 0 Å². The van der Waals surface area contributed by atoms with Crippen LogP contribution in [0.25, 0.3) is 0 Å². The monoisotopic (exact) mass is 363 g/mol. The SMILES string of the molecule is O=C(NC1CCSC1)c1cc(Br)cc(Br)c1. The normalized spacial score (nSPS) is 19.8. The Balaban J connectivity index is 2.07. The van der Waals surface area contributed by atoms with E-state index in [0.29, 0.717) is 11.6 Å². The van der Waals surface area contributed by atoms with Crippen LogP contribution in [0.5, 0.6) is 0 Å². The van der Waals surface area contributed by atoms with Crippen LogP contribution in [0.1, 0.15) is 16.8 Å². The standard InChI is InChI=1S/C11H11Br2NOS/c12-8-3-7(4-9(13)5-8)11(15)14-10-1-2-16-6-10/h3-5,10H,1-2,6H2,(H,14,15). The lowest BCUT2D eigenvalue weighted by molar-refractivity contribution is 0.0941. The molecule has 0 bridgehead atoms. The summed E-state index contributed by atoms with van der Waals surface area (Å²) in [4.78, 5) is 11.9. The number of halogens is 2. The number of carbonyl (C=O) groups is 1. The molecule has 1 saturated heterocycles. The average Bonchev–Trinajstić information content (AvgIpc) is 2.68. The first kappa shape index (κ1) is 12.5. The predicted octanol–water partition coefficient (Wildman–Crippen LogP) is 3.45. The molecule has 0 aromatic heterocycles. The van der Waals surface area contributed by atoms with Gasteiger partial charge in [0.2, 0.25) is 0 Å². The summed E-state index contributed by atoms with van der Waals surface area (Å²) in [7, 11) is 0. The minimum Gasteiger partial charge on any atom is -0.348 e. The zero-order valence-corrected chi connectivity index (χ0v) is 12.5. The van der Waals surface area contributed by atoms with Crippen molar-refractivity contribution in [3.63, 3.8) is 0 Å². The molecule has 1 fully saturated rings. The largest absolute Gasteiger partial charge is 0.348 e. The van der Waals surface area contributed by atoms with E-state index < -0.39 is 0 Å². The van der Waals surface area contributed by atoms with E-state index >= 15 is 0 Å². The second-order valence-corrected chi connectivity index (χ2v) is 6.67. The molecule has 16 heavy (non-hydrogen) atoms. The van der Waals surface area contributed by atoms with Gasteiger partial charge in [0.1, 0.15) is 0 Å². The lowest BCUT2D eigenvalue weighted by Gasteiger charge is -2.11. The van der Waals surface area contributed by atoms with E-state index in [4.69, 9.17) is 0 Å². The van der Waals surface area contributed by atoms with Crippen LogP contribution >= 0.6 is 43.6 Å². The molecule has 1 N–H and O–H groups in total. The highest BCUT2D eigenvalue weighted by atomic mass is 79.9. The van der Waals surface area contributed by atoms with Gasteiger partial charge in [-0.1, -0.05) is 31.9 Å².